The standard InChI is InChI=1S/C13H17NO/c1-3-7-11(8-4-1)13-14(15-13)12-9-5-2-6-10-12/h1,3-4,7-8,12-13H,2,5-6,9-10H2/t13-,14?/m1/s1. The van der Waals surface area contributed by atoms with Gasteiger partial charge < -0.3 is 0 Å². The van der Waals surface area contributed by atoms with Crippen LogP contribution in [0.1, 0.15) is 43.9 Å². The Morgan fingerprint density at radius 3 is 2.47 bits per heavy atom. The van der Waals surface area contributed by atoms with E-state index in [0.717, 1.165) is 0 Å². The molecule has 2 fully saturated rings. The first-order chi connectivity index (χ1) is 7.45. The van der Waals surface area contributed by atoms with Crippen LogP contribution in [0.5, 0.6) is 0 Å². The summed E-state index contributed by atoms with van der Waals surface area (Å²) in [7, 11) is 0. The number of hydrogen-bond donors (Lipinski definition) is 0. The summed E-state index contributed by atoms with van der Waals surface area (Å²) in [5.41, 5.74) is 1.29. The smallest absolute Gasteiger partial charge is 0.180 e. The second-order valence-electron chi connectivity index (χ2n) is 4.52. The van der Waals surface area contributed by atoms with E-state index >= 15 is 0 Å². The molecule has 1 saturated carbocycles. The molecule has 1 unspecified atom stereocenters. The lowest BCUT2D eigenvalue weighted by Gasteiger charge is -2.20. The van der Waals surface area contributed by atoms with E-state index < -0.39 is 0 Å². The Labute approximate surface area is 90.8 Å². The molecule has 3 rings (SSSR count). The van der Waals surface area contributed by atoms with Gasteiger partial charge in [-0.1, -0.05) is 49.6 Å². The van der Waals surface area contributed by atoms with E-state index in [4.69, 9.17) is 4.84 Å². The minimum absolute atomic E-state index is 0.245. The van der Waals surface area contributed by atoms with Crippen molar-refractivity contribution in [2.45, 2.75) is 44.4 Å². The molecule has 0 spiro atoms. The highest BCUT2D eigenvalue weighted by atomic mass is 16.8. The maximum atomic E-state index is 5.68. The third kappa shape index (κ3) is 1.92. The van der Waals surface area contributed by atoms with Crippen LogP contribution in [0.2, 0.25) is 0 Å². The number of nitrogens with zero attached hydrogens (tertiary/aromatic N) is 1. The first-order valence-corrected chi connectivity index (χ1v) is 5.95. The van der Waals surface area contributed by atoms with Crippen molar-refractivity contribution in [1.82, 2.24) is 5.06 Å². The second kappa shape index (κ2) is 3.95. The lowest BCUT2D eigenvalue weighted by Crippen LogP contribution is -2.21. The topological polar surface area (TPSA) is 15.5 Å². The number of hydrogen-bond acceptors (Lipinski definition) is 2. The van der Waals surface area contributed by atoms with E-state index in [0.29, 0.717) is 6.04 Å². The normalized spacial score (nSPS) is 31.5. The SMILES string of the molecule is c1ccc([C@H]2ON2C2CCCCC2)cc1. The third-order valence-electron chi connectivity index (χ3n) is 3.43. The Balaban J connectivity index is 1.64. The first-order valence-electron chi connectivity index (χ1n) is 5.95. The molecule has 1 aliphatic carbocycles. The predicted octanol–water partition coefficient (Wildman–Crippen LogP) is 3.27. The molecule has 1 aromatic rings. The Morgan fingerprint density at radius 1 is 1.00 bits per heavy atom. The average Bonchev–Trinajstić information content (AvgIpc) is 3.11. The fraction of sp³-hybridized carbons (Fsp3) is 0.538. The molecule has 2 aliphatic rings. The highest BCUT2D eigenvalue weighted by Gasteiger charge is 2.43. The molecule has 2 heteroatoms. The summed E-state index contributed by atoms with van der Waals surface area (Å²) in [6.45, 7) is 0. The third-order valence-corrected chi connectivity index (χ3v) is 3.43. The van der Waals surface area contributed by atoms with E-state index in [1.54, 1.807) is 0 Å². The molecule has 0 bridgehead atoms. The van der Waals surface area contributed by atoms with E-state index in [9.17, 15) is 0 Å². The maximum Gasteiger partial charge on any atom is 0.180 e. The zero-order valence-electron chi connectivity index (χ0n) is 8.93. The molecule has 15 heavy (non-hydrogen) atoms. The first kappa shape index (κ1) is 9.37. The van der Waals surface area contributed by atoms with Crippen molar-refractivity contribution in [3.05, 3.63) is 35.9 Å². The van der Waals surface area contributed by atoms with E-state index in [-0.39, 0.29) is 6.23 Å². The van der Waals surface area contributed by atoms with E-state index in [1.165, 1.54) is 37.7 Å². The largest absolute Gasteiger partial charge is 0.270 e. The fourth-order valence-corrected chi connectivity index (χ4v) is 2.53. The maximum absolute atomic E-state index is 5.68. The monoisotopic (exact) mass is 203 g/mol. The van der Waals surface area contributed by atoms with Crippen LogP contribution in [0.4, 0.5) is 0 Å². The molecule has 1 heterocycles. The van der Waals surface area contributed by atoms with Gasteiger partial charge in [-0.15, -0.1) is 5.06 Å². The van der Waals surface area contributed by atoms with Gasteiger partial charge in [0.1, 0.15) is 0 Å². The lowest BCUT2D eigenvalue weighted by molar-refractivity contribution is 0.119. The summed E-state index contributed by atoms with van der Waals surface area (Å²) in [6.07, 6.45) is 7.00. The van der Waals surface area contributed by atoms with Gasteiger partial charge in [0.2, 0.25) is 0 Å². The van der Waals surface area contributed by atoms with Crippen LogP contribution in [0, 0.1) is 0 Å². The van der Waals surface area contributed by atoms with Gasteiger partial charge in [0.25, 0.3) is 0 Å². The van der Waals surface area contributed by atoms with Crippen LogP contribution in [-0.4, -0.2) is 11.1 Å². The molecule has 1 saturated heterocycles. The van der Waals surface area contributed by atoms with Gasteiger partial charge in [0.15, 0.2) is 6.23 Å². The Kier molecular flexibility index (Phi) is 2.47. The van der Waals surface area contributed by atoms with Crippen molar-refractivity contribution in [2.24, 2.45) is 0 Å². The number of rotatable bonds is 2. The van der Waals surface area contributed by atoms with E-state index in [1.807, 2.05) is 0 Å². The molecule has 80 valence electrons. The average molecular weight is 203 g/mol. The molecule has 0 amide bonds. The molecule has 0 radical (unpaired) electrons. The van der Waals surface area contributed by atoms with Gasteiger partial charge in [-0.05, 0) is 18.4 Å². The molecule has 1 aromatic carbocycles. The van der Waals surface area contributed by atoms with Crippen LogP contribution in [-0.2, 0) is 4.84 Å². The number of benzene rings is 1. The second-order valence-corrected chi connectivity index (χ2v) is 4.52. The van der Waals surface area contributed by atoms with Gasteiger partial charge in [-0.3, -0.25) is 4.84 Å². The summed E-state index contributed by atoms with van der Waals surface area (Å²) in [4.78, 5) is 5.68. The molecule has 0 N–H and O–H groups in total. The summed E-state index contributed by atoms with van der Waals surface area (Å²) < 4.78 is 0. The molecular formula is C13H17NO. The molecule has 2 nitrogen and oxygen atoms in total. The zero-order chi connectivity index (χ0) is 10.1. The fourth-order valence-electron chi connectivity index (χ4n) is 2.53. The Morgan fingerprint density at radius 2 is 1.73 bits per heavy atom. The summed E-state index contributed by atoms with van der Waals surface area (Å²) >= 11 is 0. The highest BCUT2D eigenvalue weighted by molar-refractivity contribution is 5.19. The van der Waals surface area contributed by atoms with Crippen molar-refractivity contribution in [3.8, 4) is 0 Å². The summed E-state index contributed by atoms with van der Waals surface area (Å²) in [6, 6.07) is 11.2. The highest BCUT2D eigenvalue weighted by Crippen LogP contribution is 2.42. The predicted molar refractivity (Wildman–Crippen MR) is 59.0 cm³/mol. The molecule has 2 atom stereocenters. The van der Waals surface area contributed by atoms with Gasteiger partial charge in [0.05, 0.1) is 0 Å². The Bertz CT molecular complexity index is 319. The van der Waals surface area contributed by atoms with Crippen LogP contribution < -0.4 is 0 Å². The van der Waals surface area contributed by atoms with Crippen LogP contribution in [0.25, 0.3) is 0 Å². The van der Waals surface area contributed by atoms with Gasteiger partial charge in [-0.2, -0.15) is 0 Å². The quantitative estimate of drug-likeness (QED) is 0.685. The summed E-state index contributed by atoms with van der Waals surface area (Å²) in [5.74, 6) is 0. The summed E-state index contributed by atoms with van der Waals surface area (Å²) in [5, 5.41) is 2.19. The van der Waals surface area contributed by atoms with Crippen molar-refractivity contribution < 1.29 is 4.84 Å². The zero-order valence-corrected chi connectivity index (χ0v) is 8.93. The number of hydroxylamine groups is 2. The van der Waals surface area contributed by atoms with Gasteiger partial charge in [0, 0.05) is 6.04 Å². The minimum Gasteiger partial charge on any atom is -0.270 e. The molecule has 1 aliphatic heterocycles. The minimum atomic E-state index is 0.245. The molecular weight excluding hydrogens is 186 g/mol. The van der Waals surface area contributed by atoms with Crippen molar-refractivity contribution in [2.75, 3.05) is 0 Å². The van der Waals surface area contributed by atoms with E-state index in [2.05, 4.69) is 35.4 Å². The van der Waals surface area contributed by atoms with Crippen LogP contribution >= 0.6 is 0 Å². The van der Waals surface area contributed by atoms with Gasteiger partial charge >= 0.3 is 0 Å². The molecule has 0 aromatic heterocycles. The van der Waals surface area contributed by atoms with Crippen LogP contribution in [0.3, 0.4) is 0 Å². The van der Waals surface area contributed by atoms with Crippen molar-refractivity contribution >= 4 is 0 Å². The van der Waals surface area contributed by atoms with Crippen molar-refractivity contribution in [1.29, 1.82) is 0 Å². The lowest BCUT2D eigenvalue weighted by atomic mass is 9.95. The van der Waals surface area contributed by atoms with Gasteiger partial charge in [-0.25, -0.2) is 0 Å². The van der Waals surface area contributed by atoms with Crippen molar-refractivity contribution in [3.63, 3.8) is 0 Å². The van der Waals surface area contributed by atoms with Crippen LogP contribution in [0.15, 0.2) is 30.3 Å². The Hall–Kier alpha value is -0.860.